The van der Waals surface area contributed by atoms with Gasteiger partial charge in [0, 0.05) is 21.2 Å². The van der Waals surface area contributed by atoms with E-state index in [9.17, 15) is 13.2 Å². The zero-order valence-electron chi connectivity index (χ0n) is 16.8. The highest BCUT2D eigenvalue weighted by atomic mass is 79.9. The van der Waals surface area contributed by atoms with Gasteiger partial charge in [-0.3, -0.25) is 9.52 Å². The van der Waals surface area contributed by atoms with Crippen molar-refractivity contribution in [3.05, 3.63) is 95.5 Å². The first-order valence-corrected chi connectivity index (χ1v) is 12.0. The minimum Gasteiger partial charge on any atom is -0.484 e. The van der Waals surface area contributed by atoms with Crippen LogP contribution in [-0.2, 0) is 14.8 Å². The largest absolute Gasteiger partial charge is 0.484 e. The first-order valence-electron chi connectivity index (χ1n) is 9.70. The maximum Gasteiger partial charge on any atom is 0.262 e. The van der Waals surface area contributed by atoms with E-state index in [0.717, 1.165) is 15.2 Å². The summed E-state index contributed by atoms with van der Waals surface area (Å²) < 4.78 is 34.0. The highest BCUT2D eigenvalue weighted by molar-refractivity contribution is 9.10. The van der Waals surface area contributed by atoms with Gasteiger partial charge >= 0.3 is 0 Å². The predicted molar refractivity (Wildman–Crippen MR) is 129 cm³/mol. The maximum atomic E-state index is 12.5. The SMILES string of the molecule is O=C(COc1ccc(S(=O)(=O)Nc2ccc(Br)cc2)cc1)Nc1cccc2ccccc12. The molecule has 0 aromatic heterocycles. The van der Waals surface area contributed by atoms with Crippen LogP contribution >= 0.6 is 15.9 Å². The number of amides is 1. The van der Waals surface area contributed by atoms with Gasteiger partial charge in [-0.15, -0.1) is 0 Å². The molecule has 8 heteroatoms. The fourth-order valence-electron chi connectivity index (χ4n) is 3.12. The van der Waals surface area contributed by atoms with Crippen LogP contribution in [0.25, 0.3) is 10.8 Å². The van der Waals surface area contributed by atoms with E-state index in [1.165, 1.54) is 24.3 Å². The van der Waals surface area contributed by atoms with Gasteiger partial charge in [0.1, 0.15) is 5.75 Å². The molecule has 1 amide bonds. The van der Waals surface area contributed by atoms with Crippen molar-refractivity contribution in [1.29, 1.82) is 0 Å². The van der Waals surface area contributed by atoms with Crippen LogP contribution in [0.5, 0.6) is 5.75 Å². The normalized spacial score (nSPS) is 11.2. The Morgan fingerprint density at radius 1 is 0.844 bits per heavy atom. The third-order valence-corrected chi connectivity index (χ3v) is 6.59. The van der Waals surface area contributed by atoms with E-state index in [4.69, 9.17) is 4.74 Å². The molecule has 2 N–H and O–H groups in total. The monoisotopic (exact) mass is 510 g/mol. The summed E-state index contributed by atoms with van der Waals surface area (Å²) in [6, 6.07) is 26.2. The first-order chi connectivity index (χ1) is 15.4. The van der Waals surface area contributed by atoms with E-state index in [1.54, 1.807) is 24.3 Å². The molecule has 4 aromatic rings. The number of nitrogens with one attached hydrogen (secondary N) is 2. The third kappa shape index (κ3) is 5.27. The molecule has 4 aromatic carbocycles. The number of hydrogen-bond acceptors (Lipinski definition) is 4. The standard InChI is InChI=1S/C24H19BrN2O4S/c25-18-8-10-19(11-9-18)27-32(29,30)21-14-12-20(13-15-21)31-16-24(28)26-23-7-3-5-17-4-1-2-6-22(17)23/h1-15,27H,16H2,(H,26,28). The number of carbonyl (C=O) groups excluding carboxylic acids is 1. The molecular formula is C24H19BrN2O4S. The molecule has 0 atom stereocenters. The lowest BCUT2D eigenvalue weighted by molar-refractivity contribution is -0.118. The zero-order chi connectivity index (χ0) is 22.6. The Hall–Kier alpha value is -3.36. The Morgan fingerprint density at radius 3 is 2.28 bits per heavy atom. The molecular weight excluding hydrogens is 492 g/mol. The summed E-state index contributed by atoms with van der Waals surface area (Å²) >= 11 is 3.31. The van der Waals surface area contributed by atoms with E-state index in [0.29, 0.717) is 17.1 Å². The van der Waals surface area contributed by atoms with Crippen LogP contribution in [0, 0.1) is 0 Å². The average molecular weight is 511 g/mol. The van der Waals surface area contributed by atoms with Crippen LogP contribution in [0.1, 0.15) is 0 Å². The Bertz CT molecular complexity index is 1350. The van der Waals surface area contributed by atoms with Gasteiger partial charge in [0.2, 0.25) is 0 Å². The van der Waals surface area contributed by atoms with Gasteiger partial charge in [-0.1, -0.05) is 52.3 Å². The second-order valence-corrected chi connectivity index (χ2v) is 9.55. The Labute approximate surface area is 194 Å². The van der Waals surface area contributed by atoms with E-state index in [-0.39, 0.29) is 17.4 Å². The van der Waals surface area contributed by atoms with Gasteiger partial charge in [0.25, 0.3) is 15.9 Å². The third-order valence-electron chi connectivity index (χ3n) is 4.66. The first kappa shape index (κ1) is 21.9. The topological polar surface area (TPSA) is 84.5 Å². The molecule has 0 aliphatic heterocycles. The molecule has 0 spiro atoms. The van der Waals surface area contributed by atoms with E-state index in [1.807, 2.05) is 42.5 Å². The van der Waals surface area contributed by atoms with Crippen LogP contribution < -0.4 is 14.8 Å². The van der Waals surface area contributed by atoms with Crippen LogP contribution in [0.4, 0.5) is 11.4 Å². The molecule has 4 rings (SSSR count). The lowest BCUT2D eigenvalue weighted by Gasteiger charge is -2.11. The minimum atomic E-state index is -3.74. The van der Waals surface area contributed by atoms with Gasteiger partial charge < -0.3 is 10.1 Å². The minimum absolute atomic E-state index is 0.0907. The summed E-state index contributed by atoms with van der Waals surface area (Å²) in [5.74, 6) is 0.0793. The maximum absolute atomic E-state index is 12.5. The van der Waals surface area contributed by atoms with Crippen LogP contribution in [0.3, 0.4) is 0 Å². The number of rotatable bonds is 7. The Morgan fingerprint density at radius 2 is 1.53 bits per heavy atom. The molecule has 0 aliphatic rings. The second-order valence-electron chi connectivity index (χ2n) is 6.95. The molecule has 0 saturated heterocycles. The molecule has 0 fully saturated rings. The fraction of sp³-hybridized carbons (Fsp3) is 0.0417. The number of sulfonamides is 1. The van der Waals surface area contributed by atoms with Gasteiger partial charge in [-0.25, -0.2) is 8.42 Å². The molecule has 0 aliphatic carbocycles. The number of halogens is 1. The fourth-order valence-corrected chi connectivity index (χ4v) is 4.44. The molecule has 0 saturated carbocycles. The number of hydrogen-bond donors (Lipinski definition) is 2. The van der Waals surface area contributed by atoms with Crippen molar-refractivity contribution in [2.75, 3.05) is 16.6 Å². The summed E-state index contributed by atoms with van der Waals surface area (Å²) in [7, 11) is -3.74. The number of ether oxygens (including phenoxy) is 1. The number of anilines is 2. The highest BCUT2D eigenvalue weighted by Gasteiger charge is 2.14. The van der Waals surface area contributed by atoms with Crippen molar-refractivity contribution in [2.45, 2.75) is 4.90 Å². The average Bonchev–Trinajstić information content (AvgIpc) is 2.80. The Kier molecular flexibility index (Phi) is 6.43. The van der Waals surface area contributed by atoms with Crippen molar-refractivity contribution < 1.29 is 17.9 Å². The summed E-state index contributed by atoms with van der Waals surface area (Å²) in [6.07, 6.45) is 0. The smallest absolute Gasteiger partial charge is 0.262 e. The number of carbonyl (C=O) groups is 1. The van der Waals surface area contributed by atoms with Gasteiger partial charge in [0.15, 0.2) is 6.61 Å². The predicted octanol–water partition coefficient (Wildman–Crippen LogP) is 5.42. The summed E-state index contributed by atoms with van der Waals surface area (Å²) in [4.78, 5) is 12.4. The lowest BCUT2D eigenvalue weighted by atomic mass is 10.1. The quantitative estimate of drug-likeness (QED) is 0.347. The van der Waals surface area contributed by atoms with Crippen LogP contribution in [0.2, 0.25) is 0 Å². The van der Waals surface area contributed by atoms with Crippen molar-refractivity contribution in [3.8, 4) is 5.75 Å². The van der Waals surface area contributed by atoms with E-state index in [2.05, 4.69) is 26.0 Å². The molecule has 32 heavy (non-hydrogen) atoms. The summed E-state index contributed by atoms with van der Waals surface area (Å²) in [5, 5.41) is 4.82. The summed E-state index contributed by atoms with van der Waals surface area (Å²) in [5.41, 5.74) is 1.16. The van der Waals surface area contributed by atoms with Crippen molar-refractivity contribution in [2.24, 2.45) is 0 Å². The van der Waals surface area contributed by atoms with Crippen molar-refractivity contribution >= 4 is 54.0 Å². The van der Waals surface area contributed by atoms with Crippen LogP contribution in [-0.4, -0.2) is 20.9 Å². The van der Waals surface area contributed by atoms with Gasteiger partial charge in [-0.05, 0) is 60.0 Å². The van der Waals surface area contributed by atoms with Crippen molar-refractivity contribution in [1.82, 2.24) is 0 Å². The van der Waals surface area contributed by atoms with E-state index >= 15 is 0 Å². The van der Waals surface area contributed by atoms with Crippen molar-refractivity contribution in [3.63, 3.8) is 0 Å². The van der Waals surface area contributed by atoms with Gasteiger partial charge in [-0.2, -0.15) is 0 Å². The molecule has 0 bridgehead atoms. The molecule has 0 unspecified atom stereocenters. The number of fused-ring (bicyclic) bond motifs is 1. The van der Waals surface area contributed by atoms with Crippen LogP contribution in [0.15, 0.2) is 100 Å². The molecule has 0 heterocycles. The summed E-state index contributed by atoms with van der Waals surface area (Å²) in [6.45, 7) is -0.202. The van der Waals surface area contributed by atoms with Gasteiger partial charge in [0.05, 0.1) is 4.90 Å². The highest BCUT2D eigenvalue weighted by Crippen LogP contribution is 2.23. The molecule has 162 valence electrons. The number of benzene rings is 4. The molecule has 0 radical (unpaired) electrons. The Balaban J connectivity index is 1.37. The second kappa shape index (κ2) is 9.42. The van der Waals surface area contributed by atoms with E-state index < -0.39 is 10.0 Å². The lowest BCUT2D eigenvalue weighted by Crippen LogP contribution is -2.20. The molecule has 6 nitrogen and oxygen atoms in total. The zero-order valence-corrected chi connectivity index (χ0v) is 19.2.